The molecule has 2 aromatic rings. The maximum Gasteiger partial charge on any atom is 0.173 e. The van der Waals surface area contributed by atoms with Crippen LogP contribution < -0.4 is 4.57 Å². The van der Waals surface area contributed by atoms with Gasteiger partial charge in [-0.1, -0.05) is 62.9 Å². The van der Waals surface area contributed by atoms with E-state index >= 15 is 0 Å². The van der Waals surface area contributed by atoms with Crippen molar-refractivity contribution >= 4 is 0 Å². The quantitative estimate of drug-likeness (QED) is 0.489. The van der Waals surface area contributed by atoms with Gasteiger partial charge in [-0.15, -0.1) is 0 Å². The van der Waals surface area contributed by atoms with Crippen LogP contribution in [0.2, 0.25) is 0 Å². The van der Waals surface area contributed by atoms with E-state index in [0.29, 0.717) is 0 Å². The summed E-state index contributed by atoms with van der Waals surface area (Å²) in [6.07, 6.45) is 12.4. The molecular formula is C19H26N+. The molecule has 1 heteroatoms. The standard InChI is InChI=1S/C19H26N/c1-2-3-4-5-7-10-18-13-15-20(16-14-18)17-19-11-8-6-9-12-19/h6,8-9,11-16H,2-5,7,10,17H2,1H3/q+1. The van der Waals surface area contributed by atoms with Crippen molar-refractivity contribution in [2.24, 2.45) is 0 Å². The van der Waals surface area contributed by atoms with E-state index < -0.39 is 0 Å². The smallest absolute Gasteiger partial charge is 0.173 e. The summed E-state index contributed by atoms with van der Waals surface area (Å²) >= 11 is 0. The molecule has 0 spiro atoms. The number of nitrogens with zero attached hydrogens (tertiary/aromatic N) is 1. The zero-order valence-corrected chi connectivity index (χ0v) is 12.6. The van der Waals surface area contributed by atoms with Crippen LogP contribution in [0.4, 0.5) is 0 Å². The summed E-state index contributed by atoms with van der Waals surface area (Å²) in [6.45, 7) is 3.22. The Labute approximate surface area is 123 Å². The van der Waals surface area contributed by atoms with Crippen LogP contribution >= 0.6 is 0 Å². The lowest BCUT2D eigenvalue weighted by Gasteiger charge is -2.02. The molecule has 20 heavy (non-hydrogen) atoms. The number of pyridine rings is 1. The molecule has 0 atom stereocenters. The van der Waals surface area contributed by atoms with Gasteiger partial charge in [0, 0.05) is 17.7 Å². The van der Waals surface area contributed by atoms with E-state index in [4.69, 9.17) is 0 Å². The lowest BCUT2D eigenvalue weighted by molar-refractivity contribution is -0.688. The van der Waals surface area contributed by atoms with Crippen molar-refractivity contribution in [3.05, 3.63) is 66.0 Å². The second-order valence-electron chi connectivity index (χ2n) is 5.53. The molecule has 1 nitrogen and oxygen atoms in total. The van der Waals surface area contributed by atoms with Gasteiger partial charge in [-0.05, 0) is 18.4 Å². The first kappa shape index (κ1) is 14.8. The van der Waals surface area contributed by atoms with Crippen LogP contribution in [0.1, 0.15) is 50.2 Å². The van der Waals surface area contributed by atoms with Crippen molar-refractivity contribution in [1.82, 2.24) is 0 Å². The lowest BCUT2D eigenvalue weighted by atomic mass is 10.1. The van der Waals surface area contributed by atoms with Crippen LogP contribution in [-0.2, 0) is 13.0 Å². The molecule has 0 saturated heterocycles. The summed E-state index contributed by atoms with van der Waals surface area (Å²) in [5.74, 6) is 0. The summed E-state index contributed by atoms with van der Waals surface area (Å²) < 4.78 is 2.25. The van der Waals surface area contributed by atoms with Gasteiger partial charge in [0.1, 0.15) is 0 Å². The Hall–Kier alpha value is -1.63. The molecule has 1 aromatic carbocycles. The SMILES string of the molecule is CCCCCCCc1cc[n+](Cc2ccccc2)cc1. The van der Waals surface area contributed by atoms with Crippen LogP contribution in [-0.4, -0.2) is 0 Å². The third-order valence-electron chi connectivity index (χ3n) is 3.74. The van der Waals surface area contributed by atoms with Gasteiger partial charge >= 0.3 is 0 Å². The van der Waals surface area contributed by atoms with E-state index in [-0.39, 0.29) is 0 Å². The molecule has 0 N–H and O–H groups in total. The van der Waals surface area contributed by atoms with E-state index in [9.17, 15) is 0 Å². The first-order valence-electron chi connectivity index (χ1n) is 7.90. The fraction of sp³-hybridized carbons (Fsp3) is 0.421. The Balaban J connectivity index is 1.78. The fourth-order valence-corrected chi connectivity index (χ4v) is 2.49. The van der Waals surface area contributed by atoms with Crippen molar-refractivity contribution in [3.63, 3.8) is 0 Å². The van der Waals surface area contributed by atoms with Crippen molar-refractivity contribution < 1.29 is 4.57 Å². The number of unbranched alkanes of at least 4 members (excludes halogenated alkanes) is 4. The van der Waals surface area contributed by atoms with Crippen LogP contribution in [0.3, 0.4) is 0 Å². The monoisotopic (exact) mass is 268 g/mol. The van der Waals surface area contributed by atoms with Crippen molar-refractivity contribution in [2.75, 3.05) is 0 Å². The highest BCUT2D eigenvalue weighted by Gasteiger charge is 2.02. The number of aromatic nitrogens is 1. The molecule has 0 bridgehead atoms. The molecule has 0 saturated carbocycles. The Morgan fingerprint density at radius 1 is 0.750 bits per heavy atom. The number of hydrogen-bond acceptors (Lipinski definition) is 0. The van der Waals surface area contributed by atoms with Gasteiger partial charge in [-0.25, -0.2) is 4.57 Å². The topological polar surface area (TPSA) is 3.88 Å². The third-order valence-corrected chi connectivity index (χ3v) is 3.74. The van der Waals surface area contributed by atoms with Gasteiger partial charge in [0.05, 0.1) is 0 Å². The molecule has 0 unspecified atom stereocenters. The first-order chi connectivity index (χ1) is 9.88. The van der Waals surface area contributed by atoms with Gasteiger partial charge in [-0.2, -0.15) is 0 Å². The molecule has 2 rings (SSSR count). The van der Waals surface area contributed by atoms with Crippen molar-refractivity contribution in [1.29, 1.82) is 0 Å². The largest absolute Gasteiger partial charge is 0.201 e. The molecule has 0 aliphatic carbocycles. The van der Waals surface area contributed by atoms with Crippen LogP contribution in [0, 0.1) is 0 Å². The third kappa shape index (κ3) is 5.16. The van der Waals surface area contributed by atoms with E-state index in [1.54, 1.807) is 0 Å². The number of hydrogen-bond donors (Lipinski definition) is 0. The Morgan fingerprint density at radius 3 is 2.15 bits per heavy atom. The Morgan fingerprint density at radius 2 is 1.45 bits per heavy atom. The second-order valence-corrected chi connectivity index (χ2v) is 5.53. The summed E-state index contributed by atoms with van der Waals surface area (Å²) in [6, 6.07) is 15.1. The Bertz CT molecular complexity index is 473. The zero-order chi connectivity index (χ0) is 14.0. The summed E-state index contributed by atoms with van der Waals surface area (Å²) in [5.41, 5.74) is 2.82. The molecule has 0 amide bonds. The average Bonchev–Trinajstić information content (AvgIpc) is 2.50. The van der Waals surface area contributed by atoms with E-state index in [0.717, 1.165) is 6.54 Å². The minimum absolute atomic E-state index is 0.956. The maximum atomic E-state index is 2.27. The molecule has 0 aliphatic rings. The normalized spacial score (nSPS) is 10.7. The summed E-state index contributed by atoms with van der Waals surface area (Å²) in [5, 5.41) is 0. The molecule has 106 valence electrons. The number of rotatable bonds is 8. The Kier molecular flexibility index (Phi) is 6.30. The van der Waals surface area contributed by atoms with Gasteiger partial charge in [0.2, 0.25) is 0 Å². The number of aryl methyl sites for hydroxylation is 1. The van der Waals surface area contributed by atoms with E-state index in [2.05, 4.69) is 66.3 Å². The van der Waals surface area contributed by atoms with Gasteiger partial charge in [0.25, 0.3) is 0 Å². The highest BCUT2D eigenvalue weighted by molar-refractivity contribution is 5.13. The number of benzene rings is 1. The predicted octanol–water partition coefficient (Wildman–Crippen LogP) is 4.54. The molecule has 1 aromatic heterocycles. The highest BCUT2D eigenvalue weighted by atomic mass is 14.9. The first-order valence-corrected chi connectivity index (χ1v) is 7.90. The molecule has 0 radical (unpaired) electrons. The van der Waals surface area contributed by atoms with Crippen molar-refractivity contribution in [2.45, 2.75) is 52.0 Å². The predicted molar refractivity (Wildman–Crippen MR) is 84.6 cm³/mol. The highest BCUT2D eigenvalue weighted by Crippen LogP contribution is 2.07. The van der Waals surface area contributed by atoms with Crippen LogP contribution in [0.5, 0.6) is 0 Å². The van der Waals surface area contributed by atoms with Gasteiger partial charge < -0.3 is 0 Å². The minimum atomic E-state index is 0.956. The van der Waals surface area contributed by atoms with E-state index in [1.165, 1.54) is 49.7 Å². The molecule has 0 fully saturated rings. The van der Waals surface area contributed by atoms with Crippen molar-refractivity contribution in [3.8, 4) is 0 Å². The molecule has 1 heterocycles. The second kappa shape index (κ2) is 8.52. The van der Waals surface area contributed by atoms with Crippen LogP contribution in [0.25, 0.3) is 0 Å². The summed E-state index contributed by atoms with van der Waals surface area (Å²) in [4.78, 5) is 0. The minimum Gasteiger partial charge on any atom is -0.201 e. The van der Waals surface area contributed by atoms with Crippen LogP contribution in [0.15, 0.2) is 54.9 Å². The zero-order valence-electron chi connectivity index (χ0n) is 12.6. The summed E-state index contributed by atoms with van der Waals surface area (Å²) in [7, 11) is 0. The fourth-order valence-electron chi connectivity index (χ4n) is 2.49. The lowest BCUT2D eigenvalue weighted by Crippen LogP contribution is -2.33. The van der Waals surface area contributed by atoms with E-state index in [1.807, 2.05) is 0 Å². The van der Waals surface area contributed by atoms with Gasteiger partial charge in [0.15, 0.2) is 18.9 Å². The molecular weight excluding hydrogens is 242 g/mol. The maximum absolute atomic E-state index is 2.27. The molecule has 0 aliphatic heterocycles. The average molecular weight is 268 g/mol. The van der Waals surface area contributed by atoms with Gasteiger partial charge in [-0.3, -0.25) is 0 Å².